The molecule has 0 heterocycles. The molecule has 0 radical (unpaired) electrons. The molecular formula is C28H31ClFN3O4S. The summed E-state index contributed by atoms with van der Waals surface area (Å²) in [7, 11) is -4.25. The molecule has 0 aliphatic carbocycles. The molecule has 0 bridgehead atoms. The van der Waals surface area contributed by atoms with E-state index in [1.54, 1.807) is 25.1 Å². The van der Waals surface area contributed by atoms with Gasteiger partial charge in [0.05, 0.1) is 15.6 Å². The van der Waals surface area contributed by atoms with Crippen molar-refractivity contribution in [2.45, 2.75) is 38.3 Å². The Bertz CT molecular complexity index is 1360. The Morgan fingerprint density at radius 2 is 1.55 bits per heavy atom. The van der Waals surface area contributed by atoms with E-state index in [1.807, 2.05) is 44.2 Å². The maximum atomic E-state index is 13.9. The molecular weight excluding hydrogens is 529 g/mol. The van der Waals surface area contributed by atoms with Crippen LogP contribution in [0, 0.1) is 11.7 Å². The van der Waals surface area contributed by atoms with Crippen molar-refractivity contribution < 1.29 is 22.4 Å². The first-order chi connectivity index (χ1) is 18.0. The summed E-state index contributed by atoms with van der Waals surface area (Å²) in [5.74, 6) is -1.48. The first-order valence-corrected chi connectivity index (χ1v) is 14.0. The van der Waals surface area contributed by atoms with Crippen LogP contribution in [0.1, 0.15) is 26.3 Å². The molecule has 202 valence electrons. The van der Waals surface area contributed by atoms with E-state index in [2.05, 4.69) is 5.32 Å². The highest BCUT2D eigenvalue weighted by Gasteiger charge is 2.32. The van der Waals surface area contributed by atoms with Gasteiger partial charge in [0.2, 0.25) is 11.8 Å². The second-order valence-electron chi connectivity index (χ2n) is 9.25. The number of hydrogen-bond acceptors (Lipinski definition) is 4. The number of sulfonamides is 1. The first kappa shape index (κ1) is 29.1. The summed E-state index contributed by atoms with van der Waals surface area (Å²) in [4.78, 5) is 28.0. The Balaban J connectivity index is 2.01. The van der Waals surface area contributed by atoms with Crippen LogP contribution in [0.25, 0.3) is 0 Å². The van der Waals surface area contributed by atoms with Crippen molar-refractivity contribution in [1.29, 1.82) is 0 Å². The van der Waals surface area contributed by atoms with Crippen LogP contribution >= 0.6 is 11.6 Å². The monoisotopic (exact) mass is 559 g/mol. The Hall–Kier alpha value is -3.43. The van der Waals surface area contributed by atoms with Crippen LogP contribution in [0.3, 0.4) is 0 Å². The zero-order valence-electron chi connectivity index (χ0n) is 21.5. The molecule has 10 heteroatoms. The summed E-state index contributed by atoms with van der Waals surface area (Å²) < 4.78 is 42.1. The number of hydrogen-bond donors (Lipinski definition) is 1. The summed E-state index contributed by atoms with van der Waals surface area (Å²) in [6, 6.07) is 19.3. The minimum absolute atomic E-state index is 0.0187. The normalized spacial score (nSPS) is 12.2. The number of amides is 2. The Morgan fingerprint density at radius 1 is 0.947 bits per heavy atom. The summed E-state index contributed by atoms with van der Waals surface area (Å²) in [6.45, 7) is 5.39. The highest BCUT2D eigenvalue weighted by atomic mass is 35.5. The molecule has 0 unspecified atom stereocenters. The number of carbonyl (C=O) groups is 2. The van der Waals surface area contributed by atoms with Crippen LogP contribution in [0.2, 0.25) is 5.02 Å². The molecule has 2 amide bonds. The van der Waals surface area contributed by atoms with Crippen LogP contribution < -0.4 is 9.62 Å². The fourth-order valence-corrected chi connectivity index (χ4v) is 5.31. The van der Waals surface area contributed by atoms with Gasteiger partial charge >= 0.3 is 0 Å². The topological polar surface area (TPSA) is 86.8 Å². The van der Waals surface area contributed by atoms with Crippen LogP contribution in [0.15, 0.2) is 83.8 Å². The maximum absolute atomic E-state index is 13.9. The lowest BCUT2D eigenvalue weighted by molar-refractivity contribution is -0.139. The molecule has 38 heavy (non-hydrogen) atoms. The molecule has 0 saturated heterocycles. The van der Waals surface area contributed by atoms with Gasteiger partial charge in [-0.05, 0) is 48.7 Å². The van der Waals surface area contributed by atoms with Gasteiger partial charge in [0.15, 0.2) is 0 Å². The summed E-state index contributed by atoms with van der Waals surface area (Å²) in [6.07, 6.45) is 0. The average Bonchev–Trinajstić information content (AvgIpc) is 2.91. The van der Waals surface area contributed by atoms with Gasteiger partial charge < -0.3 is 10.2 Å². The predicted molar refractivity (Wildman–Crippen MR) is 147 cm³/mol. The van der Waals surface area contributed by atoms with Gasteiger partial charge in [-0.3, -0.25) is 13.9 Å². The molecule has 7 nitrogen and oxygen atoms in total. The molecule has 3 aromatic rings. The number of rotatable bonds is 11. The summed E-state index contributed by atoms with van der Waals surface area (Å²) in [5.41, 5.74) is 0.789. The number of carbonyl (C=O) groups excluding carboxylic acids is 2. The lowest BCUT2D eigenvalue weighted by Gasteiger charge is -2.32. The predicted octanol–water partition coefficient (Wildman–Crippen LogP) is 4.86. The number of nitrogens with one attached hydrogen (secondary N) is 1. The van der Waals surface area contributed by atoms with Gasteiger partial charge in [0, 0.05) is 13.1 Å². The molecule has 0 fully saturated rings. The first-order valence-electron chi connectivity index (χ1n) is 12.1. The van der Waals surface area contributed by atoms with Crippen LogP contribution in [-0.2, 0) is 26.2 Å². The Labute approximate surface area is 228 Å². The number of halogens is 2. The highest BCUT2D eigenvalue weighted by Crippen LogP contribution is 2.28. The Morgan fingerprint density at radius 3 is 2.13 bits per heavy atom. The zero-order chi connectivity index (χ0) is 27.9. The van der Waals surface area contributed by atoms with E-state index in [1.165, 1.54) is 23.1 Å². The van der Waals surface area contributed by atoms with Gasteiger partial charge in [0.1, 0.15) is 18.4 Å². The molecule has 1 atom stereocenters. The van der Waals surface area contributed by atoms with E-state index in [0.29, 0.717) is 6.54 Å². The highest BCUT2D eigenvalue weighted by molar-refractivity contribution is 7.92. The van der Waals surface area contributed by atoms with Crippen molar-refractivity contribution in [1.82, 2.24) is 10.2 Å². The quantitative estimate of drug-likeness (QED) is 0.363. The third kappa shape index (κ3) is 7.33. The van der Waals surface area contributed by atoms with Crippen molar-refractivity contribution in [2.24, 2.45) is 5.92 Å². The molecule has 0 aliphatic heterocycles. The zero-order valence-corrected chi connectivity index (χ0v) is 23.0. The molecule has 3 rings (SSSR count). The molecule has 0 saturated carbocycles. The van der Waals surface area contributed by atoms with Gasteiger partial charge in [-0.25, -0.2) is 12.8 Å². The molecule has 1 N–H and O–H groups in total. The van der Waals surface area contributed by atoms with Gasteiger partial charge in [-0.1, -0.05) is 74.0 Å². The van der Waals surface area contributed by atoms with Crippen molar-refractivity contribution >= 4 is 39.1 Å². The van der Waals surface area contributed by atoms with Crippen LogP contribution in [0.4, 0.5) is 10.1 Å². The van der Waals surface area contributed by atoms with Crippen molar-refractivity contribution in [2.75, 3.05) is 17.4 Å². The van der Waals surface area contributed by atoms with Gasteiger partial charge in [-0.15, -0.1) is 0 Å². The third-order valence-corrected chi connectivity index (χ3v) is 7.93. The molecule has 3 aromatic carbocycles. The average molecular weight is 560 g/mol. The van der Waals surface area contributed by atoms with E-state index in [4.69, 9.17) is 11.6 Å². The van der Waals surface area contributed by atoms with Crippen molar-refractivity contribution in [3.8, 4) is 0 Å². The SMILES string of the molecule is CC(C)CNC(=O)[C@H](C)N(Cc1ccccc1)C(=O)CN(c1ccc(F)c(Cl)c1)S(=O)(=O)c1ccccc1. The second-order valence-corrected chi connectivity index (χ2v) is 11.5. The van der Waals surface area contributed by atoms with Gasteiger partial charge in [-0.2, -0.15) is 0 Å². The van der Waals surface area contributed by atoms with E-state index >= 15 is 0 Å². The number of anilines is 1. The Kier molecular flexibility index (Phi) is 9.88. The standard InChI is InChI=1S/C28H31ClFN3O4S/c1-20(2)17-31-28(35)21(3)32(18-22-10-6-4-7-11-22)27(34)19-33(23-14-15-26(30)25(29)16-23)38(36,37)24-12-8-5-9-13-24/h4-16,20-21H,17-19H2,1-3H3,(H,31,35)/t21-/m0/s1. The summed E-state index contributed by atoms with van der Waals surface area (Å²) in [5, 5.41) is 2.55. The van der Waals surface area contributed by atoms with Gasteiger partial charge in [0.25, 0.3) is 10.0 Å². The van der Waals surface area contributed by atoms with Crippen molar-refractivity contribution in [3.05, 3.63) is 95.3 Å². The lowest BCUT2D eigenvalue weighted by atomic mass is 10.1. The molecule has 0 spiro atoms. The fraction of sp³-hybridized carbons (Fsp3) is 0.286. The van der Waals surface area contributed by atoms with E-state index < -0.39 is 34.3 Å². The fourth-order valence-electron chi connectivity index (χ4n) is 3.70. The smallest absolute Gasteiger partial charge is 0.264 e. The van der Waals surface area contributed by atoms with Crippen LogP contribution in [0.5, 0.6) is 0 Å². The lowest BCUT2D eigenvalue weighted by Crippen LogP contribution is -2.51. The van der Waals surface area contributed by atoms with Crippen LogP contribution in [-0.4, -0.2) is 44.3 Å². The van der Waals surface area contributed by atoms with E-state index in [9.17, 15) is 22.4 Å². The number of benzene rings is 3. The largest absolute Gasteiger partial charge is 0.354 e. The third-order valence-electron chi connectivity index (χ3n) is 5.85. The number of nitrogens with zero attached hydrogens (tertiary/aromatic N) is 2. The molecule has 0 aliphatic rings. The summed E-state index contributed by atoms with van der Waals surface area (Å²) >= 11 is 5.97. The maximum Gasteiger partial charge on any atom is 0.264 e. The molecule has 0 aromatic heterocycles. The van der Waals surface area contributed by atoms with E-state index in [0.717, 1.165) is 22.0 Å². The van der Waals surface area contributed by atoms with E-state index in [-0.39, 0.29) is 34.0 Å². The second kappa shape index (κ2) is 12.9. The minimum Gasteiger partial charge on any atom is -0.354 e. The minimum atomic E-state index is -4.25. The van der Waals surface area contributed by atoms with Crippen molar-refractivity contribution in [3.63, 3.8) is 0 Å².